The number of imidazole rings is 2. The molecule has 8 rings (SSSR count). The molecule has 44 heavy (non-hydrogen) atoms. The summed E-state index contributed by atoms with van der Waals surface area (Å²) in [6, 6.07) is 3.94. The number of aliphatic hydroxyl groups excluding tert-OH is 2. The van der Waals surface area contributed by atoms with E-state index in [2.05, 4.69) is 9.97 Å². The minimum atomic E-state index is -0.744. The first-order valence-electron chi connectivity index (χ1n) is 17.0. The van der Waals surface area contributed by atoms with E-state index in [0.29, 0.717) is 24.7 Å². The van der Waals surface area contributed by atoms with Crippen molar-refractivity contribution in [3.05, 3.63) is 71.8 Å². The van der Waals surface area contributed by atoms with Crippen molar-refractivity contribution in [1.29, 1.82) is 0 Å². The van der Waals surface area contributed by atoms with Crippen LogP contribution < -0.4 is 0 Å². The third-order valence-electron chi connectivity index (χ3n) is 10.8. The fourth-order valence-electron chi connectivity index (χ4n) is 8.12. The standard InChI is InChI=1S/2C18H23FN2O/c2*19-15-9-14(15)13-6-7-21-11-20-10-16(21)18(13)17(22)8-12-4-2-1-3-5-12/h2*6-7,10-12,14-15,17,22H,1-5,8-9H2/t2*14-,15-,17?/m11/s1. The van der Waals surface area contributed by atoms with Gasteiger partial charge in [0, 0.05) is 35.4 Å². The van der Waals surface area contributed by atoms with Crippen LogP contribution in [0.5, 0.6) is 0 Å². The molecule has 4 aromatic rings. The van der Waals surface area contributed by atoms with Crippen LogP contribution in [0.1, 0.15) is 136 Å². The second-order valence-electron chi connectivity index (χ2n) is 14.0. The second kappa shape index (κ2) is 12.9. The molecule has 2 N–H and O–H groups in total. The molecule has 6 atom stereocenters. The molecule has 0 aliphatic heterocycles. The van der Waals surface area contributed by atoms with Crippen molar-refractivity contribution in [3.63, 3.8) is 0 Å². The average Bonchev–Trinajstić information content (AvgIpc) is 3.78. The minimum Gasteiger partial charge on any atom is -0.388 e. The Bertz CT molecular complexity index is 1440. The Morgan fingerprint density at radius 2 is 1.05 bits per heavy atom. The van der Waals surface area contributed by atoms with Gasteiger partial charge in [0.1, 0.15) is 12.3 Å². The molecule has 4 aliphatic carbocycles. The molecule has 4 saturated carbocycles. The van der Waals surface area contributed by atoms with Crippen molar-refractivity contribution in [2.75, 3.05) is 0 Å². The van der Waals surface area contributed by atoms with Crippen molar-refractivity contribution < 1.29 is 19.0 Å². The minimum absolute atomic E-state index is 0.0316. The molecule has 0 spiro atoms. The van der Waals surface area contributed by atoms with Gasteiger partial charge in [-0.25, -0.2) is 18.7 Å². The van der Waals surface area contributed by atoms with E-state index in [1.807, 2.05) is 33.3 Å². The number of alkyl halides is 2. The highest BCUT2D eigenvalue weighted by atomic mass is 19.1. The van der Waals surface area contributed by atoms with Gasteiger partial charge in [-0.1, -0.05) is 64.2 Å². The van der Waals surface area contributed by atoms with Gasteiger partial charge in [-0.15, -0.1) is 0 Å². The number of rotatable bonds is 8. The summed E-state index contributed by atoms with van der Waals surface area (Å²) in [5.74, 6) is 1.13. The van der Waals surface area contributed by atoms with Gasteiger partial charge in [-0.05, 0) is 60.8 Å². The third kappa shape index (κ3) is 6.30. The number of hydrogen-bond donors (Lipinski definition) is 2. The van der Waals surface area contributed by atoms with E-state index in [1.165, 1.54) is 64.2 Å². The number of aromatic nitrogens is 4. The largest absolute Gasteiger partial charge is 0.388 e. The molecule has 4 aromatic heterocycles. The van der Waals surface area contributed by atoms with Gasteiger partial charge in [-0.3, -0.25) is 0 Å². The van der Waals surface area contributed by atoms with Gasteiger partial charge in [0.25, 0.3) is 0 Å². The van der Waals surface area contributed by atoms with E-state index in [1.54, 1.807) is 25.0 Å². The zero-order valence-corrected chi connectivity index (χ0v) is 25.6. The van der Waals surface area contributed by atoms with Crippen LogP contribution in [0.4, 0.5) is 8.78 Å². The Hall–Kier alpha value is -2.84. The first-order chi connectivity index (χ1) is 21.5. The number of hydrogen-bond acceptors (Lipinski definition) is 4. The summed E-state index contributed by atoms with van der Waals surface area (Å²) >= 11 is 0. The van der Waals surface area contributed by atoms with Gasteiger partial charge in [0.2, 0.25) is 0 Å². The Morgan fingerprint density at radius 3 is 1.41 bits per heavy atom. The molecule has 236 valence electrons. The fraction of sp³-hybridized carbons (Fsp3) is 0.611. The van der Waals surface area contributed by atoms with Crippen LogP contribution in [0.25, 0.3) is 11.0 Å². The molecule has 0 amide bonds. The van der Waals surface area contributed by atoms with Gasteiger partial charge in [0.15, 0.2) is 0 Å². The molecule has 0 bridgehead atoms. The highest BCUT2D eigenvalue weighted by molar-refractivity contribution is 5.60. The maximum Gasteiger partial charge on any atom is 0.108 e. The van der Waals surface area contributed by atoms with Crippen LogP contribution in [0.2, 0.25) is 0 Å². The smallest absolute Gasteiger partial charge is 0.108 e. The average molecular weight is 605 g/mol. The number of pyridine rings is 2. The predicted octanol–water partition coefficient (Wildman–Crippen LogP) is 8.33. The lowest BCUT2D eigenvalue weighted by Crippen LogP contribution is -2.13. The lowest BCUT2D eigenvalue weighted by atomic mass is 9.83. The summed E-state index contributed by atoms with van der Waals surface area (Å²) in [7, 11) is 0. The van der Waals surface area contributed by atoms with Gasteiger partial charge < -0.3 is 19.0 Å². The molecule has 4 fully saturated rings. The molecule has 0 radical (unpaired) electrons. The van der Waals surface area contributed by atoms with Crippen molar-refractivity contribution in [1.82, 2.24) is 18.8 Å². The van der Waals surface area contributed by atoms with E-state index in [4.69, 9.17) is 0 Å². The lowest BCUT2D eigenvalue weighted by molar-refractivity contribution is 0.131. The quantitative estimate of drug-likeness (QED) is 0.212. The van der Waals surface area contributed by atoms with Crippen molar-refractivity contribution in [3.8, 4) is 0 Å². The van der Waals surface area contributed by atoms with E-state index >= 15 is 0 Å². The summed E-state index contributed by atoms with van der Waals surface area (Å²) in [6.07, 6.45) is 23.8. The van der Waals surface area contributed by atoms with E-state index in [-0.39, 0.29) is 11.8 Å². The van der Waals surface area contributed by atoms with Crippen molar-refractivity contribution in [2.45, 2.75) is 126 Å². The maximum atomic E-state index is 13.6. The summed E-state index contributed by atoms with van der Waals surface area (Å²) in [5, 5.41) is 21.7. The SMILES string of the molecule is OC(CC1CCCCC1)c1c([C@H]2C[C@H]2F)ccn2cncc12.OC(CC1CCCCC1)c1c([C@H]2C[C@H]2F)ccn2cncc12. The molecular weight excluding hydrogens is 558 g/mol. The summed E-state index contributed by atoms with van der Waals surface area (Å²) in [6.45, 7) is 0. The highest BCUT2D eigenvalue weighted by Gasteiger charge is 2.42. The fourth-order valence-corrected chi connectivity index (χ4v) is 8.12. The van der Waals surface area contributed by atoms with Crippen LogP contribution in [0.3, 0.4) is 0 Å². The van der Waals surface area contributed by atoms with Crippen molar-refractivity contribution in [2.24, 2.45) is 11.8 Å². The molecular formula is C36H46F2N4O2. The summed E-state index contributed by atoms with van der Waals surface area (Å²) < 4.78 is 31.0. The molecule has 2 unspecified atom stereocenters. The molecule has 6 nitrogen and oxygen atoms in total. The molecule has 0 saturated heterocycles. The molecule has 4 aliphatic rings. The number of aliphatic hydroxyl groups is 2. The van der Waals surface area contributed by atoms with Crippen molar-refractivity contribution >= 4 is 11.0 Å². The Kier molecular flexibility index (Phi) is 8.73. The van der Waals surface area contributed by atoms with Crippen LogP contribution in [-0.4, -0.2) is 41.3 Å². The van der Waals surface area contributed by atoms with E-state index in [9.17, 15) is 19.0 Å². The highest BCUT2D eigenvalue weighted by Crippen LogP contribution is 2.49. The molecule has 8 heteroatoms. The maximum absolute atomic E-state index is 13.6. The van der Waals surface area contributed by atoms with Gasteiger partial charge in [0.05, 0.1) is 48.3 Å². The van der Waals surface area contributed by atoms with Crippen LogP contribution >= 0.6 is 0 Å². The first kappa shape index (κ1) is 29.8. The van der Waals surface area contributed by atoms with Gasteiger partial charge >= 0.3 is 0 Å². The normalized spacial score (nSPS) is 27.2. The van der Waals surface area contributed by atoms with Crippen LogP contribution in [-0.2, 0) is 0 Å². The topological polar surface area (TPSA) is 75.1 Å². The number of nitrogens with zero attached hydrogens (tertiary/aromatic N) is 4. The summed E-state index contributed by atoms with van der Waals surface area (Å²) in [5.41, 5.74) is 5.67. The second-order valence-corrected chi connectivity index (χ2v) is 14.0. The Balaban J connectivity index is 0.000000142. The predicted molar refractivity (Wildman–Crippen MR) is 167 cm³/mol. The number of fused-ring (bicyclic) bond motifs is 2. The number of halogens is 2. The monoisotopic (exact) mass is 604 g/mol. The van der Waals surface area contributed by atoms with E-state index < -0.39 is 24.6 Å². The zero-order valence-electron chi connectivity index (χ0n) is 25.6. The van der Waals surface area contributed by atoms with E-state index in [0.717, 1.165) is 46.1 Å². The summed E-state index contributed by atoms with van der Waals surface area (Å²) in [4.78, 5) is 8.38. The Morgan fingerprint density at radius 1 is 0.659 bits per heavy atom. The van der Waals surface area contributed by atoms with Gasteiger partial charge in [-0.2, -0.15) is 0 Å². The van der Waals surface area contributed by atoms with Crippen LogP contribution in [0.15, 0.2) is 49.6 Å². The lowest BCUT2D eigenvalue weighted by Gasteiger charge is -2.25. The first-order valence-corrected chi connectivity index (χ1v) is 17.0. The Labute approximate surface area is 258 Å². The molecule has 0 aromatic carbocycles. The zero-order chi connectivity index (χ0) is 30.2. The van der Waals surface area contributed by atoms with Crippen LogP contribution in [0, 0.1) is 11.8 Å². The third-order valence-corrected chi connectivity index (χ3v) is 10.8. The molecule has 4 heterocycles.